The van der Waals surface area contributed by atoms with Gasteiger partial charge in [-0.2, -0.15) is 0 Å². The molecule has 35 heavy (non-hydrogen) atoms. The number of hydrogen-bond acceptors (Lipinski definition) is 4. The number of Topliss-reactive ketones (excluding diaryl/α,β-unsaturated/α-hetero) is 1. The molecule has 172 valence electrons. The van der Waals surface area contributed by atoms with Crippen molar-refractivity contribution in [3.63, 3.8) is 0 Å². The highest BCUT2D eigenvalue weighted by molar-refractivity contribution is 7.20. The molecule has 3 nitrogen and oxygen atoms in total. The number of fused-ring (bicyclic) bond motifs is 1. The molecule has 4 heteroatoms. The molecule has 0 saturated heterocycles. The van der Waals surface area contributed by atoms with Gasteiger partial charge in [-0.15, -0.1) is 11.3 Å². The number of ketones is 1. The minimum atomic E-state index is -0.0204. The summed E-state index contributed by atoms with van der Waals surface area (Å²) in [5.74, 6) is -0.0204. The Bertz CT molecular complexity index is 1420. The number of rotatable bonds is 8. The van der Waals surface area contributed by atoms with E-state index in [1.165, 1.54) is 5.56 Å². The van der Waals surface area contributed by atoms with Gasteiger partial charge in [0.25, 0.3) is 0 Å². The van der Waals surface area contributed by atoms with Gasteiger partial charge in [0.1, 0.15) is 5.01 Å². The van der Waals surface area contributed by atoms with Gasteiger partial charge >= 0.3 is 0 Å². The molecular formula is C31H26N2OS. The second-order valence-electron chi connectivity index (χ2n) is 8.33. The molecule has 5 aromatic rings. The van der Waals surface area contributed by atoms with Crippen LogP contribution in [-0.2, 0) is 6.54 Å². The molecule has 0 amide bonds. The maximum atomic E-state index is 13.5. The van der Waals surface area contributed by atoms with Crippen molar-refractivity contribution in [1.82, 2.24) is 4.98 Å². The van der Waals surface area contributed by atoms with Gasteiger partial charge in [0.2, 0.25) is 0 Å². The fourth-order valence-corrected chi connectivity index (χ4v) is 5.07. The van der Waals surface area contributed by atoms with Crippen LogP contribution in [0.1, 0.15) is 33.4 Å². The van der Waals surface area contributed by atoms with Crippen molar-refractivity contribution >= 4 is 44.7 Å². The maximum Gasteiger partial charge on any atom is 0.196 e. The quantitative estimate of drug-likeness (QED) is 0.170. The van der Waals surface area contributed by atoms with E-state index in [-0.39, 0.29) is 5.78 Å². The Balaban J connectivity index is 1.49. The zero-order chi connectivity index (χ0) is 24.0. The topological polar surface area (TPSA) is 33.2 Å². The number of thiazole rings is 1. The Morgan fingerprint density at radius 1 is 0.829 bits per heavy atom. The van der Waals surface area contributed by atoms with Crippen molar-refractivity contribution in [1.29, 1.82) is 0 Å². The lowest BCUT2D eigenvalue weighted by Gasteiger charge is -2.23. The van der Waals surface area contributed by atoms with Crippen LogP contribution in [-0.4, -0.2) is 17.3 Å². The molecule has 0 atom stereocenters. The molecule has 0 fully saturated rings. The van der Waals surface area contributed by atoms with E-state index in [0.29, 0.717) is 11.1 Å². The smallest absolute Gasteiger partial charge is 0.196 e. The predicted molar refractivity (Wildman–Crippen MR) is 148 cm³/mol. The first kappa shape index (κ1) is 22.8. The molecule has 4 aromatic carbocycles. The summed E-state index contributed by atoms with van der Waals surface area (Å²) in [6.45, 7) is 3.93. The minimum absolute atomic E-state index is 0.0204. The van der Waals surface area contributed by atoms with E-state index < -0.39 is 0 Å². The standard InChI is InChI=1S/C31H26N2OS/c1-2-33(22-24-11-5-3-6-12-24)26-19-17-23(18-20-26)21-27(30(34)25-13-7-4-8-14-25)31-32-28-15-9-10-16-29(28)35-31/h3-21H,2,22H2,1H3. The number of anilines is 1. The molecule has 0 aliphatic rings. The summed E-state index contributed by atoms with van der Waals surface area (Å²) in [7, 11) is 0. The molecule has 0 radical (unpaired) electrons. The van der Waals surface area contributed by atoms with E-state index in [4.69, 9.17) is 4.98 Å². The van der Waals surface area contributed by atoms with Crippen LogP contribution in [0.25, 0.3) is 21.9 Å². The van der Waals surface area contributed by atoms with Crippen LogP contribution in [0.15, 0.2) is 109 Å². The van der Waals surface area contributed by atoms with Crippen LogP contribution in [0.4, 0.5) is 5.69 Å². The van der Waals surface area contributed by atoms with Crippen LogP contribution in [0.2, 0.25) is 0 Å². The average Bonchev–Trinajstić information content (AvgIpc) is 3.35. The van der Waals surface area contributed by atoms with E-state index in [9.17, 15) is 4.79 Å². The van der Waals surface area contributed by atoms with Crippen LogP contribution in [0, 0.1) is 0 Å². The molecule has 0 N–H and O–H groups in total. The van der Waals surface area contributed by atoms with E-state index in [0.717, 1.165) is 39.6 Å². The van der Waals surface area contributed by atoms with Gasteiger partial charge in [-0.3, -0.25) is 4.79 Å². The number of benzene rings is 4. The van der Waals surface area contributed by atoms with Gasteiger partial charge in [0, 0.05) is 24.3 Å². The van der Waals surface area contributed by atoms with Crippen molar-refractivity contribution in [3.05, 3.63) is 131 Å². The first-order chi connectivity index (χ1) is 17.2. The predicted octanol–water partition coefficient (Wildman–Crippen LogP) is 7.75. The van der Waals surface area contributed by atoms with Crippen LogP contribution < -0.4 is 4.90 Å². The first-order valence-corrected chi connectivity index (χ1v) is 12.6. The zero-order valence-electron chi connectivity index (χ0n) is 19.6. The van der Waals surface area contributed by atoms with Crippen LogP contribution >= 0.6 is 11.3 Å². The molecule has 0 aliphatic carbocycles. The monoisotopic (exact) mass is 474 g/mol. The van der Waals surface area contributed by atoms with Crippen molar-refractivity contribution in [2.45, 2.75) is 13.5 Å². The number of aromatic nitrogens is 1. The third kappa shape index (κ3) is 5.23. The molecule has 1 heterocycles. The summed E-state index contributed by atoms with van der Waals surface area (Å²) >= 11 is 1.55. The number of para-hydroxylation sites is 1. The van der Waals surface area contributed by atoms with Crippen molar-refractivity contribution in [3.8, 4) is 0 Å². The Kier molecular flexibility index (Phi) is 6.82. The van der Waals surface area contributed by atoms with Gasteiger partial charge in [0.05, 0.1) is 15.8 Å². The van der Waals surface area contributed by atoms with Gasteiger partial charge in [0.15, 0.2) is 5.78 Å². The Labute approximate surface area is 210 Å². The second-order valence-corrected chi connectivity index (χ2v) is 9.36. The number of carbonyl (C=O) groups is 1. The van der Waals surface area contributed by atoms with Crippen molar-refractivity contribution in [2.75, 3.05) is 11.4 Å². The Hall–Kier alpha value is -4.02. The van der Waals surface area contributed by atoms with Gasteiger partial charge in [-0.1, -0.05) is 84.9 Å². The van der Waals surface area contributed by atoms with Crippen LogP contribution in [0.5, 0.6) is 0 Å². The average molecular weight is 475 g/mol. The summed E-state index contributed by atoms with van der Waals surface area (Å²) in [5.41, 5.74) is 5.60. The molecule has 0 spiro atoms. The van der Waals surface area contributed by atoms with E-state index in [1.807, 2.05) is 66.7 Å². The molecular weight excluding hydrogens is 448 g/mol. The summed E-state index contributed by atoms with van der Waals surface area (Å²) in [5, 5.41) is 0.739. The van der Waals surface area contributed by atoms with Gasteiger partial charge in [-0.05, 0) is 48.4 Å². The van der Waals surface area contributed by atoms with E-state index >= 15 is 0 Å². The lowest BCUT2D eigenvalue weighted by molar-refractivity contribution is 0.105. The summed E-state index contributed by atoms with van der Waals surface area (Å²) in [6.07, 6.45) is 1.96. The molecule has 0 aliphatic heterocycles. The largest absolute Gasteiger partial charge is 0.367 e. The third-order valence-electron chi connectivity index (χ3n) is 5.97. The number of nitrogens with zero attached hydrogens (tertiary/aromatic N) is 2. The highest BCUT2D eigenvalue weighted by atomic mass is 32.1. The normalized spacial score (nSPS) is 11.5. The molecule has 0 unspecified atom stereocenters. The van der Waals surface area contributed by atoms with Gasteiger partial charge in [-0.25, -0.2) is 4.98 Å². The third-order valence-corrected chi connectivity index (χ3v) is 7.04. The molecule has 1 aromatic heterocycles. The summed E-state index contributed by atoms with van der Waals surface area (Å²) in [6, 6.07) is 36.3. The highest BCUT2D eigenvalue weighted by Gasteiger charge is 2.18. The zero-order valence-corrected chi connectivity index (χ0v) is 20.4. The first-order valence-electron chi connectivity index (χ1n) is 11.8. The maximum absolute atomic E-state index is 13.5. The molecule has 5 rings (SSSR count). The Morgan fingerprint density at radius 2 is 1.49 bits per heavy atom. The minimum Gasteiger partial charge on any atom is -0.367 e. The van der Waals surface area contributed by atoms with Gasteiger partial charge < -0.3 is 4.90 Å². The van der Waals surface area contributed by atoms with E-state index in [2.05, 4.69) is 60.4 Å². The SMILES string of the molecule is CCN(Cc1ccccc1)c1ccc(C=C(C(=O)c2ccccc2)c2nc3ccccc3s2)cc1. The van der Waals surface area contributed by atoms with Crippen molar-refractivity contribution < 1.29 is 4.79 Å². The Morgan fingerprint density at radius 3 is 2.17 bits per heavy atom. The molecule has 0 bridgehead atoms. The van der Waals surface area contributed by atoms with Crippen LogP contribution in [0.3, 0.4) is 0 Å². The lowest BCUT2D eigenvalue weighted by atomic mass is 10.0. The number of allylic oxidation sites excluding steroid dienone is 1. The summed E-state index contributed by atoms with van der Waals surface area (Å²) in [4.78, 5) is 20.7. The second kappa shape index (κ2) is 10.5. The highest BCUT2D eigenvalue weighted by Crippen LogP contribution is 2.31. The lowest BCUT2D eigenvalue weighted by Crippen LogP contribution is -2.21. The van der Waals surface area contributed by atoms with Crippen molar-refractivity contribution in [2.24, 2.45) is 0 Å². The number of carbonyl (C=O) groups excluding carboxylic acids is 1. The fraction of sp³-hybridized carbons (Fsp3) is 0.0968. The van der Waals surface area contributed by atoms with E-state index in [1.54, 1.807) is 11.3 Å². The fourth-order valence-electron chi connectivity index (χ4n) is 4.09. The molecule has 0 saturated carbocycles. The number of hydrogen-bond donors (Lipinski definition) is 0. The summed E-state index contributed by atoms with van der Waals surface area (Å²) < 4.78 is 1.07.